The van der Waals surface area contributed by atoms with Crippen LogP contribution < -0.4 is 63.8 Å². The lowest BCUT2D eigenvalue weighted by Gasteiger charge is -2.24. The average molecular weight is 1530 g/mol. The van der Waals surface area contributed by atoms with Gasteiger partial charge in [0.25, 0.3) is 0 Å². The van der Waals surface area contributed by atoms with E-state index in [0.717, 1.165) is 0 Å². The van der Waals surface area contributed by atoms with Gasteiger partial charge in [-0.3, -0.25) is 77.8 Å². The number of rotatable bonds is 56. The molecule has 0 radical (unpaired) electrons. The third kappa shape index (κ3) is 49.5. The lowest BCUT2D eigenvalue weighted by Crippen LogP contribution is -2.54. The van der Waals surface area contributed by atoms with Crippen LogP contribution in [0, 0.1) is 0 Å². The van der Waals surface area contributed by atoms with Crippen LogP contribution >= 0.6 is 0 Å². The molecule has 8 unspecified atom stereocenters. The number of hydrogen-bond donors (Lipinski definition) is 20. The lowest BCUT2D eigenvalue weighted by atomic mass is 10.1. The van der Waals surface area contributed by atoms with Crippen LogP contribution in [0.3, 0.4) is 0 Å². The Morgan fingerprint density at radius 2 is 0.570 bits per heavy atom. The molecule has 42 heteroatoms. The van der Waals surface area contributed by atoms with E-state index in [1.165, 1.54) is 0 Å². The van der Waals surface area contributed by atoms with Crippen LogP contribution in [-0.4, -0.2) is 246 Å². The maximum atomic E-state index is 14.2. The maximum Gasteiger partial charge on any atom is 0.414 e. The Morgan fingerprint density at radius 1 is 0.271 bits per heavy atom. The van der Waals surface area contributed by atoms with Crippen LogP contribution in [0.25, 0.3) is 0 Å². The van der Waals surface area contributed by atoms with Crippen LogP contribution in [0.1, 0.15) is 202 Å². The smallest absolute Gasteiger partial charge is 0.414 e. The molecule has 12 amide bonds. The molecule has 0 aliphatic rings. The summed E-state index contributed by atoms with van der Waals surface area (Å²) in [5.41, 5.74) is -1.80. The first-order chi connectivity index (χ1) is 49.9. The Kier molecular flexibility index (Phi) is 46.2. The molecule has 107 heavy (non-hydrogen) atoms. The van der Waals surface area contributed by atoms with Gasteiger partial charge in [-0.2, -0.15) is 0 Å². The molecular formula is C65H104N12O30. The van der Waals surface area contributed by atoms with Gasteiger partial charge in [-0.05, 0) is 131 Å². The van der Waals surface area contributed by atoms with Crippen LogP contribution in [0.5, 0.6) is 0 Å². The van der Waals surface area contributed by atoms with Crippen molar-refractivity contribution in [2.24, 2.45) is 0 Å². The van der Waals surface area contributed by atoms with Gasteiger partial charge in [-0.1, -0.05) is 12.8 Å². The summed E-state index contributed by atoms with van der Waals surface area (Å²) < 4.78 is 10.4. The van der Waals surface area contributed by atoms with E-state index >= 15 is 0 Å². The van der Waals surface area contributed by atoms with Crippen molar-refractivity contribution in [1.82, 2.24) is 63.8 Å². The molecule has 0 saturated carbocycles. The highest BCUT2D eigenvalue weighted by Gasteiger charge is 2.33. The van der Waals surface area contributed by atoms with E-state index in [2.05, 4.69) is 58.5 Å². The van der Waals surface area contributed by atoms with Crippen molar-refractivity contribution in [3.8, 4) is 0 Å². The fourth-order valence-corrected chi connectivity index (χ4v) is 9.42. The number of hydrogen-bond acceptors (Lipinski definition) is 23. The molecule has 604 valence electrons. The Labute approximate surface area is 615 Å². The highest BCUT2D eigenvalue weighted by molar-refractivity contribution is 5.95. The molecular weight excluding hydrogens is 1430 g/mol. The summed E-state index contributed by atoms with van der Waals surface area (Å²) in [5, 5.41) is 103. The van der Waals surface area contributed by atoms with E-state index in [0.29, 0.717) is 0 Å². The van der Waals surface area contributed by atoms with Gasteiger partial charge in [0.05, 0.1) is 12.6 Å². The molecule has 0 heterocycles. The van der Waals surface area contributed by atoms with Crippen LogP contribution in [0.2, 0.25) is 0 Å². The summed E-state index contributed by atoms with van der Waals surface area (Å²) in [6.45, 7) is 8.98. The highest BCUT2D eigenvalue weighted by atomic mass is 16.6. The Hall–Kier alpha value is -10.8. The molecule has 0 fully saturated rings. The fourth-order valence-electron chi connectivity index (χ4n) is 9.42. The molecule has 42 nitrogen and oxygen atoms in total. The zero-order valence-corrected chi connectivity index (χ0v) is 60.7. The third-order valence-corrected chi connectivity index (χ3v) is 14.8. The second kappa shape index (κ2) is 51.4. The predicted octanol–water partition coefficient (Wildman–Crippen LogP) is -1.42. The van der Waals surface area contributed by atoms with Gasteiger partial charge in [0.15, 0.2) is 0 Å². The van der Waals surface area contributed by atoms with Crippen molar-refractivity contribution in [1.29, 1.82) is 0 Å². The lowest BCUT2D eigenvalue weighted by molar-refractivity contribution is -0.144. The van der Waals surface area contributed by atoms with E-state index in [4.69, 9.17) is 29.9 Å². The minimum Gasteiger partial charge on any atom is -0.481 e. The van der Waals surface area contributed by atoms with Crippen molar-refractivity contribution in [3.63, 3.8) is 0 Å². The van der Waals surface area contributed by atoms with E-state index in [9.17, 15) is 116 Å². The van der Waals surface area contributed by atoms with Gasteiger partial charge in [0.1, 0.15) is 53.5 Å². The van der Waals surface area contributed by atoms with E-state index in [1.807, 2.05) is 5.32 Å². The number of aliphatic carboxylic acids is 8. The molecule has 0 bridgehead atoms. The van der Waals surface area contributed by atoms with Crippen molar-refractivity contribution < 1.29 is 146 Å². The van der Waals surface area contributed by atoms with Gasteiger partial charge < -0.3 is 103 Å². The summed E-state index contributed by atoms with van der Waals surface area (Å²) in [6.07, 6.45) is -8.77. The first-order valence-corrected chi connectivity index (χ1v) is 34.5. The number of imide groups is 1. The number of carboxylic acid groups (broad SMARTS) is 8. The summed E-state index contributed by atoms with van der Waals surface area (Å²) >= 11 is 0. The monoisotopic (exact) mass is 1530 g/mol. The predicted molar refractivity (Wildman–Crippen MR) is 366 cm³/mol. The van der Waals surface area contributed by atoms with Crippen LogP contribution in [-0.2, 0) is 95.8 Å². The van der Waals surface area contributed by atoms with Crippen molar-refractivity contribution in [3.05, 3.63) is 0 Å². The van der Waals surface area contributed by atoms with Crippen molar-refractivity contribution >= 4 is 119 Å². The molecule has 0 rings (SSSR count). The van der Waals surface area contributed by atoms with E-state index < -0.39 is 269 Å². The first-order valence-electron chi connectivity index (χ1n) is 34.5. The standard InChI is InChI=1S/C65H104N12O30/c1-64(2,3)106-62(104)68-34-14-11-15-36(69-35-49(83)77-63(105)107-65(4,5)6)55(93)74-37(54(92)67-33-13-8-10-17-46(80)71-39(57(95)76-43(61(102)103)24-31-53(90)91)20-27-48(82)73-41(59(98)99)22-29-51(86)87)18-25-44(78)66-32-12-7-9-16-45(79)70-38(56(94)75-42(60(100)101)23-30-52(88)89)19-26-47(81)72-40(58(96)97)21-28-50(84)85/h36-43,69H,7-35H2,1-6H3,(H,66,78)(H,67,92)(H,68,104)(H,70,79)(H,71,80)(H,72,81)(H,73,82)(H,74,93)(H,75,94)(H,76,95)(H,84,85)(H,86,87)(H,88,89)(H,90,91)(H,96,97)(H,98,99)(H,100,101)(H,102,103)(H,77,83,105). The quantitative estimate of drug-likeness (QED) is 0.0311. The van der Waals surface area contributed by atoms with Gasteiger partial charge >= 0.3 is 59.9 Å². The topological polar surface area (TPSA) is 666 Å². The second-order valence-electron chi connectivity index (χ2n) is 26.5. The third-order valence-electron chi connectivity index (χ3n) is 14.8. The summed E-state index contributed by atoms with van der Waals surface area (Å²) in [6, 6.07) is -12.8. The van der Waals surface area contributed by atoms with E-state index in [-0.39, 0.29) is 96.7 Å². The Morgan fingerprint density at radius 3 is 0.953 bits per heavy atom. The Balaban J connectivity index is 6.51. The van der Waals surface area contributed by atoms with Gasteiger partial charge in [-0.15, -0.1) is 0 Å². The number of alkyl carbamates (subject to hydrolysis) is 2. The van der Waals surface area contributed by atoms with Crippen molar-refractivity contribution in [2.75, 3.05) is 26.2 Å². The minimum atomic E-state index is -1.76. The molecule has 0 spiro atoms. The largest absolute Gasteiger partial charge is 0.481 e. The van der Waals surface area contributed by atoms with Gasteiger partial charge in [0, 0.05) is 77.4 Å². The Bertz CT molecular complexity index is 3080. The second-order valence-corrected chi connectivity index (χ2v) is 26.5. The number of carbonyl (C=O) groups excluding carboxylic acids is 12. The molecule has 0 aromatic rings. The number of carbonyl (C=O) groups is 20. The molecule has 20 N–H and O–H groups in total. The highest BCUT2D eigenvalue weighted by Crippen LogP contribution is 2.13. The summed E-state index contributed by atoms with van der Waals surface area (Å²) in [5.74, 6) is -20.9. The molecule has 0 aromatic heterocycles. The maximum absolute atomic E-state index is 14.2. The molecule has 8 atom stereocenters. The van der Waals surface area contributed by atoms with E-state index in [1.54, 1.807) is 41.5 Å². The first kappa shape index (κ1) is 96.2. The zero-order chi connectivity index (χ0) is 81.6. The number of unbranched alkanes of at least 4 members (excludes halogenated alkanes) is 5. The molecule has 0 aliphatic carbocycles. The van der Waals surface area contributed by atoms with Gasteiger partial charge in [0.2, 0.25) is 59.1 Å². The molecule has 0 aliphatic heterocycles. The fraction of sp³-hybridized carbons (Fsp3) is 0.692. The number of nitrogens with one attached hydrogen (secondary N) is 12. The van der Waals surface area contributed by atoms with Crippen molar-refractivity contribution in [2.45, 2.75) is 262 Å². The number of amides is 12. The minimum absolute atomic E-state index is 0.00392. The van der Waals surface area contributed by atoms with Crippen LogP contribution in [0.4, 0.5) is 9.59 Å². The SMILES string of the molecule is CC(C)(C)OC(=O)NCCCCC(NCC(=O)NC(=O)OC(C)(C)C)C(=O)NC(CCC(=O)NCCCCCC(=O)NC(CCC(=O)NC(CCC(=O)O)C(=O)O)C(=O)NC(CCC(=O)O)C(=O)O)C(=O)NCCCCCC(=O)NC(CCC(=O)NC(CCC(=O)O)C(=O)O)C(=O)NC(CCC(=O)O)C(=O)O. The number of ether oxygens (including phenoxy) is 2. The zero-order valence-electron chi connectivity index (χ0n) is 60.7. The average Bonchev–Trinajstić information content (AvgIpc) is 0.895. The number of carboxylic acids is 8. The van der Waals surface area contributed by atoms with Gasteiger partial charge in [-0.25, -0.2) is 28.8 Å². The van der Waals surface area contributed by atoms with Crippen LogP contribution in [0.15, 0.2) is 0 Å². The molecule has 0 saturated heterocycles. The summed E-state index contributed by atoms with van der Waals surface area (Å²) in [7, 11) is 0. The molecule has 0 aromatic carbocycles. The summed E-state index contributed by atoms with van der Waals surface area (Å²) in [4.78, 5) is 249. The normalized spacial score (nSPS) is 13.3.